The molecule has 3 aromatic rings. The highest BCUT2D eigenvalue weighted by atomic mass is 35.5. The summed E-state index contributed by atoms with van der Waals surface area (Å²) in [6, 6.07) is 12.7. The molecule has 8 nitrogen and oxygen atoms in total. The van der Waals surface area contributed by atoms with Crippen LogP contribution in [0.2, 0.25) is 5.02 Å². The second kappa shape index (κ2) is 9.87. The number of benzene rings is 2. The van der Waals surface area contributed by atoms with E-state index in [9.17, 15) is 9.59 Å². The highest BCUT2D eigenvalue weighted by Gasteiger charge is 2.49. The summed E-state index contributed by atoms with van der Waals surface area (Å²) in [4.78, 5) is 34.0. The zero-order valence-electron chi connectivity index (χ0n) is 20.2. The Hall–Kier alpha value is -3.30. The lowest BCUT2D eigenvalue weighted by Crippen LogP contribution is -2.50. The predicted molar refractivity (Wildman–Crippen MR) is 140 cm³/mol. The average molecular weight is 540 g/mol. The molecule has 1 saturated heterocycles. The molecular weight excluding hydrogens is 514 g/mol. The molecule has 2 aromatic carbocycles. The molecule has 1 N–H and O–H groups in total. The second-order valence-electron chi connectivity index (χ2n) is 9.48. The average Bonchev–Trinajstić information content (AvgIpc) is 3.62. The van der Waals surface area contributed by atoms with Crippen molar-refractivity contribution in [3.8, 4) is 27.7 Å². The van der Waals surface area contributed by atoms with Gasteiger partial charge in [0.15, 0.2) is 11.5 Å². The van der Waals surface area contributed by atoms with Gasteiger partial charge in [-0.3, -0.25) is 4.79 Å². The van der Waals surface area contributed by atoms with Crippen molar-refractivity contribution >= 4 is 34.9 Å². The number of halogens is 1. The molecule has 2 aliphatic heterocycles. The molecule has 0 spiro atoms. The number of nitrogens with zero attached hydrogens (tertiary/aromatic N) is 2. The highest BCUT2D eigenvalue weighted by molar-refractivity contribution is 7.15. The van der Waals surface area contributed by atoms with E-state index in [1.807, 2.05) is 36.1 Å². The minimum Gasteiger partial charge on any atom is -0.486 e. The lowest BCUT2D eigenvalue weighted by molar-refractivity contribution is 0.0585. The predicted octanol–water partition coefficient (Wildman–Crippen LogP) is 5.32. The molecule has 3 aliphatic rings. The van der Waals surface area contributed by atoms with Crippen LogP contribution in [0.25, 0.3) is 10.4 Å². The van der Waals surface area contributed by atoms with E-state index in [0.717, 1.165) is 34.7 Å². The lowest BCUT2D eigenvalue weighted by Gasteiger charge is -2.35. The van der Waals surface area contributed by atoms with E-state index >= 15 is 0 Å². The number of amides is 2. The summed E-state index contributed by atoms with van der Waals surface area (Å²) in [6.45, 7) is 3.05. The Morgan fingerprint density at radius 2 is 2.03 bits per heavy atom. The number of piperidine rings is 1. The minimum atomic E-state index is -0.595. The maximum atomic E-state index is 13.9. The van der Waals surface area contributed by atoms with Crippen molar-refractivity contribution in [2.24, 2.45) is 5.92 Å². The largest absolute Gasteiger partial charge is 0.486 e. The molecule has 1 aromatic heterocycles. The molecule has 10 heteroatoms. The summed E-state index contributed by atoms with van der Waals surface area (Å²) < 4.78 is 16.7. The number of likely N-dealkylation sites (tertiary alicyclic amines) is 1. The van der Waals surface area contributed by atoms with Gasteiger partial charge in [0.2, 0.25) is 5.75 Å². The lowest BCUT2D eigenvalue weighted by atomic mass is 9.98. The first-order valence-corrected chi connectivity index (χ1v) is 13.6. The highest BCUT2D eigenvalue weighted by Crippen LogP contribution is 2.44. The zero-order chi connectivity index (χ0) is 25.5. The number of hydrogen-bond donors (Lipinski definition) is 1. The first kappa shape index (κ1) is 24.1. The number of nitrogens with one attached hydrogen (secondary N) is 1. The van der Waals surface area contributed by atoms with E-state index in [-0.39, 0.29) is 18.0 Å². The molecule has 0 radical (unpaired) electrons. The van der Waals surface area contributed by atoms with Crippen LogP contribution in [0.3, 0.4) is 0 Å². The van der Waals surface area contributed by atoms with Crippen LogP contribution >= 0.6 is 22.9 Å². The monoisotopic (exact) mass is 539 g/mol. The summed E-state index contributed by atoms with van der Waals surface area (Å²) in [5.41, 5.74) is 1.32. The van der Waals surface area contributed by atoms with E-state index in [2.05, 4.69) is 10.3 Å². The first-order valence-electron chi connectivity index (χ1n) is 12.4. The van der Waals surface area contributed by atoms with E-state index in [0.29, 0.717) is 53.6 Å². The molecule has 6 rings (SSSR count). The Kier molecular flexibility index (Phi) is 6.42. The summed E-state index contributed by atoms with van der Waals surface area (Å²) in [5, 5.41) is 4.30. The van der Waals surface area contributed by atoms with Crippen molar-refractivity contribution < 1.29 is 23.8 Å². The first-order chi connectivity index (χ1) is 18.0. The SMILES string of the molecule is Cc1nc(C(=O)N2[C@@H]3CC[C@@H](C3)[C@H]2CNC(=O)Oc2cccc3c2OCCO3)c(-c2cccc(Cl)c2)s1. The Bertz CT molecular complexity index is 1360. The fourth-order valence-electron chi connectivity index (χ4n) is 5.64. The number of ether oxygens (including phenoxy) is 3. The molecule has 2 fully saturated rings. The number of thiazole rings is 1. The molecule has 2 amide bonds. The van der Waals surface area contributed by atoms with Gasteiger partial charge >= 0.3 is 6.09 Å². The minimum absolute atomic E-state index is 0.102. The number of aromatic nitrogens is 1. The number of hydrogen-bond acceptors (Lipinski definition) is 7. The molecule has 3 atom stereocenters. The van der Waals surface area contributed by atoms with Crippen molar-refractivity contribution in [2.75, 3.05) is 19.8 Å². The summed E-state index contributed by atoms with van der Waals surface area (Å²) in [6.07, 6.45) is 2.33. The van der Waals surface area contributed by atoms with Crippen LogP contribution in [0.1, 0.15) is 34.8 Å². The smallest absolute Gasteiger partial charge is 0.412 e. The molecule has 3 heterocycles. The number of carbonyl (C=O) groups is 2. The van der Waals surface area contributed by atoms with Gasteiger partial charge in [-0.1, -0.05) is 29.8 Å². The summed E-state index contributed by atoms with van der Waals surface area (Å²) in [7, 11) is 0. The fraction of sp³-hybridized carbons (Fsp3) is 0.370. The quantitative estimate of drug-likeness (QED) is 0.471. The fourth-order valence-corrected chi connectivity index (χ4v) is 6.74. The normalized spacial score (nSPS) is 21.7. The van der Waals surface area contributed by atoms with Gasteiger partial charge < -0.3 is 24.4 Å². The third-order valence-electron chi connectivity index (χ3n) is 7.19. The van der Waals surface area contributed by atoms with Gasteiger partial charge in [-0.05, 0) is 61.9 Å². The van der Waals surface area contributed by atoms with Crippen LogP contribution in [0.4, 0.5) is 4.79 Å². The molecule has 1 aliphatic carbocycles. The topological polar surface area (TPSA) is 90.0 Å². The van der Waals surface area contributed by atoms with E-state index < -0.39 is 6.09 Å². The van der Waals surface area contributed by atoms with Crippen LogP contribution in [0.15, 0.2) is 42.5 Å². The van der Waals surface area contributed by atoms with Crippen LogP contribution in [-0.2, 0) is 0 Å². The van der Waals surface area contributed by atoms with Crippen molar-refractivity contribution in [2.45, 2.75) is 38.3 Å². The van der Waals surface area contributed by atoms with Crippen LogP contribution in [-0.4, -0.2) is 53.7 Å². The van der Waals surface area contributed by atoms with E-state index in [1.54, 1.807) is 18.2 Å². The Balaban J connectivity index is 1.19. The molecular formula is C27H26ClN3O5S. The van der Waals surface area contributed by atoms with Crippen molar-refractivity contribution in [3.63, 3.8) is 0 Å². The summed E-state index contributed by atoms with van der Waals surface area (Å²) >= 11 is 7.71. The second-order valence-corrected chi connectivity index (χ2v) is 11.1. The third kappa shape index (κ3) is 4.62. The standard InChI is InChI=1S/C27H26ClN3O5S/c1-15-30-23(25(37-15)17-4-2-5-18(28)12-17)26(32)31-19-9-8-16(13-19)20(31)14-29-27(33)36-22-7-3-6-21-24(22)35-11-10-34-21/h2-7,12,16,19-20H,8-11,13-14H2,1H3,(H,29,33)/t16-,19+,20+/m0/s1. The van der Waals surface area contributed by atoms with Crippen molar-refractivity contribution in [3.05, 3.63) is 58.2 Å². The van der Waals surface area contributed by atoms with Crippen molar-refractivity contribution in [1.82, 2.24) is 15.2 Å². The zero-order valence-corrected chi connectivity index (χ0v) is 21.8. The van der Waals surface area contributed by atoms with Gasteiger partial charge in [0.05, 0.1) is 15.9 Å². The Labute approximate surface area is 223 Å². The number of fused-ring (bicyclic) bond motifs is 3. The number of rotatable bonds is 5. The van der Waals surface area contributed by atoms with Gasteiger partial charge in [-0.2, -0.15) is 0 Å². The van der Waals surface area contributed by atoms with E-state index in [4.69, 9.17) is 25.8 Å². The molecule has 37 heavy (non-hydrogen) atoms. The molecule has 2 bridgehead atoms. The van der Waals surface area contributed by atoms with Gasteiger partial charge in [0, 0.05) is 17.6 Å². The van der Waals surface area contributed by atoms with Crippen LogP contribution < -0.4 is 19.5 Å². The third-order valence-corrected chi connectivity index (χ3v) is 8.44. The number of para-hydroxylation sites is 1. The van der Waals surface area contributed by atoms with Crippen molar-refractivity contribution in [1.29, 1.82) is 0 Å². The van der Waals surface area contributed by atoms with Gasteiger partial charge in [0.1, 0.15) is 18.9 Å². The van der Waals surface area contributed by atoms with E-state index in [1.165, 1.54) is 11.3 Å². The van der Waals surface area contributed by atoms with Crippen LogP contribution in [0.5, 0.6) is 17.2 Å². The maximum absolute atomic E-state index is 13.9. The Morgan fingerprint density at radius 3 is 2.89 bits per heavy atom. The van der Waals surface area contributed by atoms with Gasteiger partial charge in [-0.25, -0.2) is 9.78 Å². The summed E-state index contributed by atoms with van der Waals surface area (Å²) in [5.74, 6) is 1.50. The number of carbonyl (C=O) groups excluding carboxylic acids is 2. The number of aryl methyl sites for hydroxylation is 1. The molecule has 192 valence electrons. The molecule has 1 saturated carbocycles. The maximum Gasteiger partial charge on any atom is 0.412 e. The van der Waals surface area contributed by atoms with Gasteiger partial charge in [-0.15, -0.1) is 11.3 Å². The van der Waals surface area contributed by atoms with Gasteiger partial charge in [0.25, 0.3) is 5.91 Å². The Morgan fingerprint density at radius 1 is 1.19 bits per heavy atom. The van der Waals surface area contributed by atoms with Crippen LogP contribution in [0, 0.1) is 12.8 Å². The molecule has 0 unspecified atom stereocenters.